The second-order valence-corrected chi connectivity index (χ2v) is 11.9. The van der Waals surface area contributed by atoms with E-state index in [9.17, 15) is 18.0 Å². The minimum absolute atomic E-state index is 0.0868. The molecule has 2 aromatic heterocycles. The maximum Gasteiger partial charge on any atom is 0.410 e. The monoisotopic (exact) mass is 488 g/mol. The number of hydrogen-bond acceptors (Lipinski definition) is 5. The molecular weight excluding hydrogens is 456 g/mol. The van der Waals surface area contributed by atoms with Gasteiger partial charge in [0, 0.05) is 47.7 Å². The van der Waals surface area contributed by atoms with Gasteiger partial charge < -0.3 is 19.6 Å². The molecule has 3 aromatic rings. The number of amides is 1. The average molecular weight is 489 g/mol. The molecule has 0 bridgehead atoms. The number of rotatable bonds is 7. The molecule has 0 saturated heterocycles. The molecule has 1 amide bonds. The molecule has 0 unspecified atom stereocenters. The molecule has 0 atom stereocenters. The summed E-state index contributed by atoms with van der Waals surface area (Å²) in [5.74, 6) is 0. The van der Waals surface area contributed by atoms with Crippen LogP contribution in [-0.4, -0.2) is 64.5 Å². The van der Waals surface area contributed by atoms with E-state index in [-0.39, 0.29) is 35.6 Å². The van der Waals surface area contributed by atoms with E-state index < -0.39 is 21.7 Å². The van der Waals surface area contributed by atoms with E-state index in [1.807, 2.05) is 13.8 Å². The van der Waals surface area contributed by atoms with Gasteiger partial charge in [0.15, 0.2) is 0 Å². The number of sulfonamides is 1. The fourth-order valence-electron chi connectivity index (χ4n) is 4.07. The Bertz CT molecular complexity index is 1380. The van der Waals surface area contributed by atoms with E-state index in [2.05, 4.69) is 9.97 Å². The van der Waals surface area contributed by atoms with Crippen molar-refractivity contribution in [2.75, 3.05) is 13.1 Å². The van der Waals surface area contributed by atoms with Gasteiger partial charge in [0.25, 0.3) is 5.56 Å². The molecule has 2 N–H and O–H groups in total. The molecular formula is C24H32N4O5S. The second-order valence-electron chi connectivity index (χ2n) is 10.0. The molecule has 2 heterocycles. The van der Waals surface area contributed by atoms with Crippen molar-refractivity contribution in [2.24, 2.45) is 0 Å². The van der Waals surface area contributed by atoms with Crippen molar-refractivity contribution in [3.63, 3.8) is 0 Å². The lowest BCUT2D eigenvalue weighted by molar-refractivity contribution is 0.0182. The summed E-state index contributed by atoms with van der Waals surface area (Å²) in [7, 11) is -3.82. The topological polar surface area (TPSA) is 116 Å². The quantitative estimate of drug-likeness (QED) is 0.525. The van der Waals surface area contributed by atoms with Crippen LogP contribution in [0.1, 0.15) is 47.5 Å². The molecule has 184 valence electrons. The van der Waals surface area contributed by atoms with Crippen LogP contribution in [0.2, 0.25) is 0 Å². The van der Waals surface area contributed by atoms with Gasteiger partial charge in [-0.05, 0) is 71.7 Å². The Kier molecular flexibility index (Phi) is 6.24. The largest absolute Gasteiger partial charge is 0.444 e. The molecule has 0 aliphatic heterocycles. The third-order valence-corrected chi connectivity index (χ3v) is 7.82. The summed E-state index contributed by atoms with van der Waals surface area (Å²) in [4.78, 5) is 32.3. The summed E-state index contributed by atoms with van der Waals surface area (Å²) >= 11 is 0. The minimum Gasteiger partial charge on any atom is -0.444 e. The normalized spacial score (nSPS) is 14.9. The fourth-order valence-corrected chi connectivity index (χ4v) is 5.77. The van der Waals surface area contributed by atoms with Crippen LogP contribution in [0, 0.1) is 0 Å². The third-order valence-electron chi connectivity index (χ3n) is 5.88. The Morgan fingerprint density at radius 3 is 2.47 bits per heavy atom. The highest BCUT2D eigenvalue weighted by molar-refractivity contribution is 7.89. The molecule has 1 aliphatic rings. The van der Waals surface area contributed by atoms with Gasteiger partial charge in [-0.2, -0.15) is 4.31 Å². The van der Waals surface area contributed by atoms with Crippen molar-refractivity contribution < 1.29 is 17.9 Å². The minimum atomic E-state index is -3.82. The Morgan fingerprint density at radius 2 is 1.85 bits per heavy atom. The van der Waals surface area contributed by atoms with Gasteiger partial charge in [0.2, 0.25) is 10.0 Å². The van der Waals surface area contributed by atoms with E-state index in [0.717, 1.165) is 12.8 Å². The van der Waals surface area contributed by atoms with E-state index in [1.54, 1.807) is 50.1 Å². The van der Waals surface area contributed by atoms with Gasteiger partial charge in [0.1, 0.15) is 11.1 Å². The third kappa shape index (κ3) is 4.83. The van der Waals surface area contributed by atoms with Gasteiger partial charge in [-0.25, -0.2) is 13.2 Å². The molecule has 1 aromatic carbocycles. The molecule has 1 aliphatic carbocycles. The van der Waals surface area contributed by atoms with Crippen LogP contribution in [0.5, 0.6) is 0 Å². The predicted octanol–water partition coefficient (Wildman–Crippen LogP) is 3.81. The van der Waals surface area contributed by atoms with Crippen LogP contribution < -0.4 is 5.56 Å². The number of aromatic nitrogens is 2. The van der Waals surface area contributed by atoms with Gasteiger partial charge in [0.05, 0.1) is 4.90 Å². The lowest BCUT2D eigenvalue weighted by Crippen LogP contribution is -2.46. The molecule has 1 fully saturated rings. The number of carbonyl (C=O) groups is 1. The van der Waals surface area contributed by atoms with Crippen molar-refractivity contribution in [3.8, 4) is 0 Å². The Balaban J connectivity index is 1.64. The number of pyridine rings is 1. The van der Waals surface area contributed by atoms with Crippen molar-refractivity contribution in [1.29, 1.82) is 0 Å². The molecule has 0 spiro atoms. The average Bonchev–Trinajstić information content (AvgIpc) is 3.42. The van der Waals surface area contributed by atoms with Crippen LogP contribution >= 0.6 is 0 Å². The first-order valence-electron chi connectivity index (χ1n) is 11.5. The Hall–Kier alpha value is -2.85. The van der Waals surface area contributed by atoms with Crippen molar-refractivity contribution in [1.82, 2.24) is 19.2 Å². The van der Waals surface area contributed by atoms with Gasteiger partial charge in [-0.1, -0.05) is 0 Å². The lowest BCUT2D eigenvalue weighted by atomic mass is 10.1. The fraction of sp³-hybridized carbons (Fsp3) is 0.500. The summed E-state index contributed by atoms with van der Waals surface area (Å²) in [6, 6.07) is 6.30. The second kappa shape index (κ2) is 8.74. The highest BCUT2D eigenvalue weighted by Crippen LogP contribution is 2.33. The predicted molar refractivity (Wildman–Crippen MR) is 131 cm³/mol. The first-order valence-corrected chi connectivity index (χ1v) is 13.0. The number of benzene rings is 1. The number of H-pyrrole nitrogens is 2. The van der Waals surface area contributed by atoms with E-state index in [1.165, 1.54) is 10.4 Å². The van der Waals surface area contributed by atoms with Gasteiger partial charge in [-0.3, -0.25) is 4.79 Å². The Morgan fingerprint density at radius 1 is 1.15 bits per heavy atom. The maximum absolute atomic E-state index is 13.7. The highest BCUT2D eigenvalue weighted by atomic mass is 32.2. The lowest BCUT2D eigenvalue weighted by Gasteiger charge is -2.32. The van der Waals surface area contributed by atoms with Crippen LogP contribution in [0.3, 0.4) is 0 Å². The van der Waals surface area contributed by atoms with Crippen molar-refractivity contribution in [3.05, 3.63) is 40.8 Å². The first-order chi connectivity index (χ1) is 15.9. The molecule has 34 heavy (non-hydrogen) atoms. The first kappa shape index (κ1) is 24.3. The van der Waals surface area contributed by atoms with E-state index in [4.69, 9.17) is 4.74 Å². The molecule has 10 heteroatoms. The molecule has 9 nitrogen and oxygen atoms in total. The summed E-state index contributed by atoms with van der Waals surface area (Å²) < 4.78 is 34.4. The standard InChI is InChI=1S/C24H32N4O5S/c1-15(2)27(23(30)33-24(3,4)5)12-13-28(16-6-7-16)34(31,32)17-8-9-20-19(14-17)18-10-11-25-21(18)22(29)26-20/h8-11,14-16,25H,6-7,12-13H2,1-5H3,(H,26,29). The number of fused-ring (bicyclic) bond motifs is 3. The zero-order valence-corrected chi connectivity index (χ0v) is 21.0. The van der Waals surface area contributed by atoms with E-state index in [0.29, 0.717) is 21.8 Å². The molecule has 0 radical (unpaired) electrons. The summed E-state index contributed by atoms with van der Waals surface area (Å²) in [5.41, 5.74) is 0.0943. The van der Waals surface area contributed by atoms with Crippen molar-refractivity contribution >= 4 is 37.9 Å². The number of ether oxygens (including phenoxy) is 1. The summed E-state index contributed by atoms with van der Waals surface area (Å²) in [5, 5.41) is 1.33. The summed E-state index contributed by atoms with van der Waals surface area (Å²) in [6.45, 7) is 9.58. The number of hydrogen-bond donors (Lipinski definition) is 2. The van der Waals surface area contributed by atoms with Crippen LogP contribution in [0.15, 0.2) is 40.2 Å². The number of nitrogens with one attached hydrogen (secondary N) is 2. The van der Waals surface area contributed by atoms with Gasteiger partial charge >= 0.3 is 6.09 Å². The number of carbonyl (C=O) groups excluding carboxylic acids is 1. The highest BCUT2D eigenvalue weighted by Gasteiger charge is 2.39. The molecule has 4 rings (SSSR count). The summed E-state index contributed by atoms with van der Waals surface area (Å²) in [6.07, 6.45) is 2.78. The SMILES string of the molecule is CC(C)N(CCN(C1CC1)S(=O)(=O)c1ccc2[nH]c(=O)c3[nH]ccc3c2c1)C(=O)OC(C)(C)C. The zero-order valence-electron chi connectivity index (χ0n) is 20.2. The number of nitrogens with zero attached hydrogens (tertiary/aromatic N) is 2. The van der Waals surface area contributed by atoms with Gasteiger partial charge in [-0.15, -0.1) is 0 Å². The Labute approximate surface area is 199 Å². The van der Waals surface area contributed by atoms with Crippen LogP contribution in [0.4, 0.5) is 4.79 Å². The van der Waals surface area contributed by atoms with Crippen LogP contribution in [0.25, 0.3) is 21.8 Å². The van der Waals surface area contributed by atoms with E-state index >= 15 is 0 Å². The van der Waals surface area contributed by atoms with Crippen molar-refractivity contribution in [2.45, 2.75) is 70.0 Å². The maximum atomic E-state index is 13.7. The number of aromatic amines is 2. The smallest absolute Gasteiger partial charge is 0.410 e. The zero-order chi connectivity index (χ0) is 24.8. The van der Waals surface area contributed by atoms with Crippen LogP contribution in [-0.2, 0) is 14.8 Å². The molecule has 1 saturated carbocycles.